The van der Waals surface area contributed by atoms with E-state index < -0.39 is 17.2 Å². The van der Waals surface area contributed by atoms with Crippen LogP contribution in [0.1, 0.15) is 5.56 Å². The number of nitrogens with zero attached hydrogens (tertiary/aromatic N) is 2. The maximum atomic E-state index is 13.3. The molecule has 1 aromatic heterocycles. The monoisotopic (exact) mass is 483 g/mol. The van der Waals surface area contributed by atoms with Crippen molar-refractivity contribution in [1.29, 1.82) is 0 Å². The van der Waals surface area contributed by atoms with Crippen LogP contribution in [0.4, 0.5) is 5.69 Å². The first-order valence-electron chi connectivity index (χ1n) is 9.97. The number of fused-ring (bicyclic) bond motifs is 1. The van der Waals surface area contributed by atoms with E-state index in [0.717, 1.165) is 4.57 Å². The van der Waals surface area contributed by atoms with Crippen molar-refractivity contribution in [3.05, 3.63) is 103 Å². The van der Waals surface area contributed by atoms with E-state index in [1.165, 1.54) is 11.7 Å². The smallest absolute Gasteiger partial charge is 0.332 e. The largest absolute Gasteiger partial charge is 0.495 e. The molecule has 0 aliphatic rings. The highest BCUT2D eigenvalue weighted by Crippen LogP contribution is 2.27. The van der Waals surface area contributed by atoms with Crippen LogP contribution in [-0.4, -0.2) is 22.2 Å². The molecule has 3 aromatic carbocycles. The van der Waals surface area contributed by atoms with Crippen LogP contribution in [0.15, 0.2) is 76.3 Å². The number of hydrogen-bond donors (Lipinski definition) is 1. The summed E-state index contributed by atoms with van der Waals surface area (Å²) in [4.78, 5) is 39.1. The van der Waals surface area contributed by atoms with Gasteiger partial charge in [0, 0.05) is 10.7 Å². The number of para-hydroxylation sites is 1. The number of benzene rings is 3. The molecular weight excluding hydrogens is 465 g/mol. The minimum Gasteiger partial charge on any atom is -0.495 e. The highest BCUT2D eigenvalue weighted by atomic mass is 35.5. The van der Waals surface area contributed by atoms with Gasteiger partial charge >= 0.3 is 5.69 Å². The third kappa shape index (κ3) is 4.79. The van der Waals surface area contributed by atoms with Gasteiger partial charge in [0.25, 0.3) is 5.56 Å². The number of carbonyl (C=O) groups is 1. The second-order valence-corrected chi connectivity index (χ2v) is 8.15. The molecule has 1 N–H and O–H groups in total. The van der Waals surface area contributed by atoms with Gasteiger partial charge in [-0.05, 0) is 48.0 Å². The molecule has 0 saturated carbocycles. The van der Waals surface area contributed by atoms with Gasteiger partial charge in [-0.3, -0.25) is 18.7 Å². The predicted octanol–water partition coefficient (Wildman–Crippen LogP) is 4.17. The second kappa shape index (κ2) is 9.52. The SMILES string of the molecule is COc1ccc(NC(=O)Cn2c(=O)n(Cc3cccc(Cl)c3)c(=O)c3ccccc32)cc1Cl. The van der Waals surface area contributed by atoms with Crippen molar-refractivity contribution in [3.63, 3.8) is 0 Å². The van der Waals surface area contributed by atoms with Crippen molar-refractivity contribution in [2.75, 3.05) is 12.4 Å². The first kappa shape index (κ1) is 22.6. The van der Waals surface area contributed by atoms with E-state index in [-0.39, 0.29) is 13.1 Å². The fourth-order valence-electron chi connectivity index (χ4n) is 3.57. The van der Waals surface area contributed by atoms with Crippen LogP contribution < -0.4 is 21.3 Å². The van der Waals surface area contributed by atoms with Crippen molar-refractivity contribution in [1.82, 2.24) is 9.13 Å². The Morgan fingerprint density at radius 1 is 0.970 bits per heavy atom. The van der Waals surface area contributed by atoms with Crippen LogP contribution in [0.25, 0.3) is 10.9 Å². The summed E-state index contributed by atoms with van der Waals surface area (Å²) in [5, 5.41) is 3.89. The van der Waals surface area contributed by atoms with Gasteiger partial charge in [0.15, 0.2) is 0 Å². The summed E-state index contributed by atoms with van der Waals surface area (Å²) in [5.41, 5.74) is 0.491. The van der Waals surface area contributed by atoms with Crippen molar-refractivity contribution >= 4 is 45.7 Å². The van der Waals surface area contributed by atoms with Crippen molar-refractivity contribution in [3.8, 4) is 5.75 Å². The first-order valence-corrected chi connectivity index (χ1v) is 10.7. The van der Waals surface area contributed by atoms with Gasteiger partial charge in [0.05, 0.1) is 29.6 Å². The quantitative estimate of drug-likeness (QED) is 0.446. The number of anilines is 1. The highest BCUT2D eigenvalue weighted by molar-refractivity contribution is 6.32. The number of amides is 1. The Labute approximate surface area is 198 Å². The minimum absolute atomic E-state index is 0.0266. The van der Waals surface area contributed by atoms with E-state index in [2.05, 4.69) is 5.32 Å². The molecule has 0 aliphatic carbocycles. The molecule has 0 spiro atoms. The van der Waals surface area contributed by atoms with Gasteiger partial charge in [0.2, 0.25) is 5.91 Å². The molecule has 4 rings (SSSR count). The van der Waals surface area contributed by atoms with Gasteiger partial charge < -0.3 is 10.1 Å². The number of hydrogen-bond acceptors (Lipinski definition) is 4. The van der Waals surface area contributed by atoms with Crippen LogP contribution >= 0.6 is 23.2 Å². The third-order valence-electron chi connectivity index (χ3n) is 5.10. The number of halogens is 2. The van der Waals surface area contributed by atoms with Crippen molar-refractivity contribution in [2.45, 2.75) is 13.1 Å². The molecule has 0 bridgehead atoms. The lowest BCUT2D eigenvalue weighted by Gasteiger charge is -2.14. The van der Waals surface area contributed by atoms with Crippen molar-refractivity contribution in [2.24, 2.45) is 0 Å². The van der Waals surface area contributed by atoms with Gasteiger partial charge in [-0.15, -0.1) is 0 Å². The standard InChI is InChI=1S/C24H19Cl2N3O4/c1-33-21-10-9-17(12-19(21)26)27-22(30)14-28-20-8-3-2-7-18(20)23(31)29(24(28)32)13-15-5-4-6-16(25)11-15/h2-12H,13-14H2,1H3,(H,27,30). The van der Waals surface area contributed by atoms with E-state index in [9.17, 15) is 14.4 Å². The lowest BCUT2D eigenvalue weighted by Crippen LogP contribution is -2.42. The fraction of sp³-hybridized carbons (Fsp3) is 0.125. The number of carbonyl (C=O) groups excluding carboxylic acids is 1. The Hall–Kier alpha value is -3.55. The van der Waals surface area contributed by atoms with Gasteiger partial charge in [-0.25, -0.2) is 4.79 Å². The summed E-state index contributed by atoms with van der Waals surface area (Å²) < 4.78 is 7.50. The summed E-state index contributed by atoms with van der Waals surface area (Å²) in [7, 11) is 1.50. The van der Waals surface area contributed by atoms with Crippen LogP contribution in [0.5, 0.6) is 5.75 Å². The summed E-state index contributed by atoms with van der Waals surface area (Å²) in [6, 6.07) is 18.4. The molecular formula is C24H19Cl2N3O4. The molecule has 1 amide bonds. The van der Waals surface area contributed by atoms with Crippen LogP contribution in [0.2, 0.25) is 10.0 Å². The molecule has 7 nitrogen and oxygen atoms in total. The molecule has 168 valence electrons. The van der Waals surface area contributed by atoms with E-state index in [4.69, 9.17) is 27.9 Å². The number of nitrogens with one attached hydrogen (secondary N) is 1. The third-order valence-corrected chi connectivity index (χ3v) is 5.63. The topological polar surface area (TPSA) is 82.3 Å². The summed E-state index contributed by atoms with van der Waals surface area (Å²) in [6.07, 6.45) is 0. The zero-order chi connectivity index (χ0) is 23.5. The minimum atomic E-state index is -0.596. The molecule has 33 heavy (non-hydrogen) atoms. The summed E-state index contributed by atoms with van der Waals surface area (Å²) in [6.45, 7) is -0.266. The molecule has 0 fully saturated rings. The van der Waals surface area contributed by atoms with Gasteiger partial charge in [-0.2, -0.15) is 0 Å². The zero-order valence-corrected chi connectivity index (χ0v) is 19.1. The maximum Gasteiger partial charge on any atom is 0.332 e. The Bertz CT molecular complexity index is 1480. The van der Waals surface area contributed by atoms with E-state index >= 15 is 0 Å². The van der Waals surface area contributed by atoms with Crippen LogP contribution in [-0.2, 0) is 17.9 Å². The molecule has 0 unspecified atom stereocenters. The number of ether oxygens (including phenoxy) is 1. The summed E-state index contributed by atoms with van der Waals surface area (Å²) >= 11 is 12.2. The molecule has 0 radical (unpaired) electrons. The highest BCUT2D eigenvalue weighted by Gasteiger charge is 2.16. The number of rotatable bonds is 6. The first-order chi connectivity index (χ1) is 15.9. The number of aromatic nitrogens is 2. The van der Waals surface area contributed by atoms with Gasteiger partial charge in [-0.1, -0.05) is 47.5 Å². The molecule has 9 heteroatoms. The summed E-state index contributed by atoms with van der Waals surface area (Å²) in [5.74, 6) is 0.0291. The fourth-order valence-corrected chi connectivity index (χ4v) is 4.04. The second-order valence-electron chi connectivity index (χ2n) is 7.30. The van der Waals surface area contributed by atoms with E-state index in [1.54, 1.807) is 66.7 Å². The lowest BCUT2D eigenvalue weighted by molar-refractivity contribution is -0.116. The van der Waals surface area contributed by atoms with Crippen LogP contribution in [0, 0.1) is 0 Å². The molecule has 0 atom stereocenters. The number of methoxy groups -OCH3 is 1. The molecule has 0 saturated heterocycles. The Balaban J connectivity index is 1.72. The molecule has 0 aliphatic heterocycles. The van der Waals surface area contributed by atoms with Crippen molar-refractivity contribution < 1.29 is 9.53 Å². The predicted molar refractivity (Wildman–Crippen MR) is 130 cm³/mol. The normalized spacial score (nSPS) is 10.9. The van der Waals surface area contributed by atoms with Crippen LogP contribution in [0.3, 0.4) is 0 Å². The molecule has 4 aromatic rings. The average molecular weight is 484 g/mol. The Morgan fingerprint density at radius 2 is 1.76 bits per heavy atom. The Kier molecular flexibility index (Phi) is 6.53. The average Bonchev–Trinajstić information content (AvgIpc) is 2.80. The zero-order valence-electron chi connectivity index (χ0n) is 17.5. The Morgan fingerprint density at radius 3 is 2.48 bits per heavy atom. The lowest BCUT2D eigenvalue weighted by atomic mass is 10.2. The molecule has 1 heterocycles. The van der Waals surface area contributed by atoms with Gasteiger partial charge in [0.1, 0.15) is 12.3 Å². The van der Waals surface area contributed by atoms with E-state index in [0.29, 0.717) is 37.9 Å². The van der Waals surface area contributed by atoms with E-state index in [1.807, 2.05) is 0 Å². The maximum absolute atomic E-state index is 13.3.